The fourth-order valence-corrected chi connectivity index (χ4v) is 10.4. The summed E-state index contributed by atoms with van der Waals surface area (Å²) in [7, 11) is 0. The van der Waals surface area contributed by atoms with Crippen molar-refractivity contribution in [1.82, 2.24) is 36.4 Å². The van der Waals surface area contributed by atoms with Crippen LogP contribution in [0.15, 0.2) is 109 Å². The number of unbranched alkanes of at least 4 members (excludes halogenated alkanes) is 2. The highest BCUT2D eigenvalue weighted by molar-refractivity contribution is 6.00. The first-order valence-corrected chi connectivity index (χ1v) is 28.3. The molecule has 2 saturated heterocycles. The average molecular weight is 1150 g/mol. The van der Waals surface area contributed by atoms with Crippen LogP contribution in [0.2, 0.25) is 0 Å². The first-order chi connectivity index (χ1) is 39.8. The Kier molecular flexibility index (Phi) is 22.3. The Morgan fingerprint density at radius 2 is 1.20 bits per heavy atom. The number of amides is 7. The summed E-state index contributed by atoms with van der Waals surface area (Å²) in [4.78, 5) is 115. The number of aliphatic hydroxyl groups excluding tert-OH is 3. The lowest BCUT2D eigenvalue weighted by Gasteiger charge is -2.32. The molecule has 22 nitrogen and oxygen atoms in total. The molecule has 83 heavy (non-hydrogen) atoms. The number of carbonyl (C=O) groups excluding carboxylic acids is 7. The number of fused-ring (bicyclic) bond motifs is 2. The van der Waals surface area contributed by atoms with Gasteiger partial charge in [0, 0.05) is 31.5 Å². The number of nitrogens with one attached hydrogen (secondary N) is 5. The van der Waals surface area contributed by atoms with Gasteiger partial charge in [-0.2, -0.15) is 0 Å². The van der Waals surface area contributed by atoms with Gasteiger partial charge in [0.2, 0.25) is 35.4 Å². The molecule has 444 valence electrons. The highest BCUT2D eigenvalue weighted by atomic mass is 16.5. The fraction of sp³-hybridized carbons (Fsp3) is 0.443. The number of benzene rings is 4. The number of nitrogens with two attached hydrogens (primary N) is 1. The smallest absolute Gasteiger partial charge is 0.326 e. The molecule has 0 bridgehead atoms. The quantitative estimate of drug-likeness (QED) is 0.0534. The predicted molar refractivity (Wildman–Crippen MR) is 306 cm³/mol. The SMILES string of the molecule is CCCCCOc1ccc(-c2ccc(-c3ccc(C(=O)N[C@@H]4C/C=C/C[C@@H](C(=O)O)NC(=O)[C@@H]5C[C@@H](O)CN5C(=O)[C@H](CCCN)NC(=O)[C@H](CCc5ccc(O)cc5)NC(=O)[C@@H]5C[C@@H](O)CN5C(=O)[C@H]([C@@H](C)O)NC4=O)cc3)cc2)cc1. The molecule has 10 atom stereocenters. The van der Waals surface area contributed by atoms with Crippen LogP contribution >= 0.6 is 0 Å². The van der Waals surface area contributed by atoms with Crippen LogP contribution < -0.4 is 37.1 Å². The molecule has 22 heteroatoms. The number of phenols is 1. The van der Waals surface area contributed by atoms with E-state index in [2.05, 4.69) is 33.5 Å². The summed E-state index contributed by atoms with van der Waals surface area (Å²) in [6.07, 6.45) is 0.870. The second kappa shape index (κ2) is 29.7. The number of hydrogen-bond donors (Lipinski definition) is 11. The van der Waals surface area contributed by atoms with Gasteiger partial charge in [-0.25, -0.2) is 4.79 Å². The average Bonchev–Trinajstić information content (AvgIpc) is 4.30. The van der Waals surface area contributed by atoms with Crippen molar-refractivity contribution in [2.24, 2.45) is 5.73 Å². The Balaban J connectivity index is 1.15. The molecule has 0 spiro atoms. The maximum Gasteiger partial charge on any atom is 0.326 e. The van der Waals surface area contributed by atoms with Gasteiger partial charge in [0.05, 0.1) is 24.9 Å². The molecule has 2 fully saturated rings. The second-order valence-corrected chi connectivity index (χ2v) is 21.4. The number of aryl methyl sites for hydroxylation is 1. The van der Waals surface area contributed by atoms with Crippen LogP contribution in [0.25, 0.3) is 22.3 Å². The van der Waals surface area contributed by atoms with E-state index in [9.17, 15) is 63.9 Å². The number of nitrogens with zero attached hydrogens (tertiary/aromatic N) is 2. The van der Waals surface area contributed by atoms with Gasteiger partial charge < -0.3 is 72.4 Å². The van der Waals surface area contributed by atoms with Crippen LogP contribution in [0.1, 0.15) is 94.0 Å². The summed E-state index contributed by atoms with van der Waals surface area (Å²) in [5.74, 6) is -6.77. The van der Waals surface area contributed by atoms with E-state index in [1.807, 2.05) is 48.5 Å². The second-order valence-electron chi connectivity index (χ2n) is 21.4. The van der Waals surface area contributed by atoms with Crippen LogP contribution in [0.5, 0.6) is 11.5 Å². The van der Waals surface area contributed by atoms with E-state index in [0.717, 1.165) is 57.1 Å². The van der Waals surface area contributed by atoms with Gasteiger partial charge in [0.25, 0.3) is 5.91 Å². The monoisotopic (exact) mass is 1140 g/mol. The lowest BCUT2D eigenvalue weighted by molar-refractivity contribution is -0.145. The molecule has 4 aromatic rings. The largest absolute Gasteiger partial charge is 0.508 e. The number of rotatable bonds is 17. The number of phenolic OH excluding ortho intramolecular Hbond substituents is 1. The third kappa shape index (κ3) is 17.0. The molecule has 7 amide bonds. The standard InChI is InChI=1S/C61H76N8O14/c1-3-4-7-31-83-46-27-23-41(24-28-46)39-17-15-38(16-18-39)40-19-21-42(22-20-40)54(74)63-47-9-5-6-10-50(61(81)82)66-58(78)51-32-44(72)34-68(51)59(79)49(11-8-30-62)65-55(75)48(29-14-37-12-25-43(71)26-13-37)64-57(77)52-33-45(73)35-69(52)60(80)53(36(2)70)67-56(47)76/h5-6,12-13,15-28,36,44-45,47-53,70-73H,3-4,7-11,14,29-35,62H2,1-2H3,(H,63,74)(H,64,77)(H,65,75)(H,66,78)(H,67,76)(H,81,82)/b6-5+/t36-,44-,45-,47-,48+,49+,50+,51+,52+,53+/m1/s1. The Morgan fingerprint density at radius 3 is 1.77 bits per heavy atom. The summed E-state index contributed by atoms with van der Waals surface area (Å²) >= 11 is 0. The normalized spacial score (nSPS) is 24.8. The highest BCUT2D eigenvalue weighted by Gasteiger charge is 2.45. The van der Waals surface area contributed by atoms with Crippen molar-refractivity contribution in [3.8, 4) is 33.8 Å². The summed E-state index contributed by atoms with van der Waals surface area (Å²) in [5.41, 5.74) is 10.3. The minimum absolute atomic E-state index is 0.0157. The number of carbonyl (C=O) groups is 8. The number of aliphatic hydroxyl groups is 3. The predicted octanol–water partition coefficient (Wildman–Crippen LogP) is 2.44. The number of carboxylic acids is 1. The third-order valence-corrected chi connectivity index (χ3v) is 15.1. The van der Waals surface area contributed by atoms with Crippen LogP contribution in [-0.4, -0.2) is 169 Å². The molecule has 0 saturated carbocycles. The molecule has 3 aliphatic rings. The Bertz CT molecular complexity index is 2920. The van der Waals surface area contributed by atoms with Gasteiger partial charge in [-0.3, -0.25) is 33.6 Å². The zero-order valence-electron chi connectivity index (χ0n) is 46.7. The minimum Gasteiger partial charge on any atom is -0.508 e. The van der Waals surface area contributed by atoms with Crippen molar-refractivity contribution in [2.45, 2.75) is 145 Å². The number of aliphatic carboxylic acids is 1. The lowest BCUT2D eigenvalue weighted by Crippen LogP contribution is -2.61. The van der Waals surface area contributed by atoms with Gasteiger partial charge in [-0.05, 0) is 123 Å². The van der Waals surface area contributed by atoms with E-state index in [-0.39, 0.29) is 75.8 Å². The van der Waals surface area contributed by atoms with Crippen molar-refractivity contribution in [2.75, 3.05) is 26.2 Å². The maximum absolute atomic E-state index is 14.5. The molecule has 4 aromatic carbocycles. The zero-order chi connectivity index (χ0) is 59.7. The van der Waals surface area contributed by atoms with Crippen molar-refractivity contribution in [1.29, 1.82) is 0 Å². The topological polar surface area (TPSA) is 340 Å². The summed E-state index contributed by atoms with van der Waals surface area (Å²) < 4.78 is 5.86. The molecule has 3 aliphatic heterocycles. The number of ether oxygens (including phenoxy) is 1. The molecule has 0 aliphatic carbocycles. The summed E-state index contributed by atoms with van der Waals surface area (Å²) in [6, 6.07) is 18.0. The molecule has 12 N–H and O–H groups in total. The van der Waals surface area contributed by atoms with E-state index in [4.69, 9.17) is 10.5 Å². The molecule has 3 heterocycles. The van der Waals surface area contributed by atoms with Gasteiger partial charge in [0.15, 0.2) is 0 Å². The van der Waals surface area contributed by atoms with Crippen molar-refractivity contribution >= 4 is 47.3 Å². The Labute approximate surface area is 481 Å². The molecule has 0 aromatic heterocycles. The first-order valence-electron chi connectivity index (χ1n) is 28.3. The highest BCUT2D eigenvalue weighted by Crippen LogP contribution is 2.28. The number of hydrogen-bond acceptors (Lipinski definition) is 14. The first kappa shape index (κ1) is 62.4. The fourth-order valence-electron chi connectivity index (χ4n) is 10.4. The molecular weight excluding hydrogens is 1070 g/mol. The van der Waals surface area contributed by atoms with Gasteiger partial charge in [-0.1, -0.05) is 92.6 Å². The van der Waals surface area contributed by atoms with E-state index in [1.165, 1.54) is 31.2 Å². The van der Waals surface area contributed by atoms with E-state index in [1.54, 1.807) is 36.4 Å². The maximum atomic E-state index is 14.5. The van der Waals surface area contributed by atoms with Gasteiger partial charge >= 0.3 is 5.97 Å². The van der Waals surface area contributed by atoms with Gasteiger partial charge in [-0.15, -0.1) is 0 Å². The number of carboxylic acid groups (broad SMARTS) is 1. The van der Waals surface area contributed by atoms with Crippen molar-refractivity contribution < 1.29 is 68.6 Å². The summed E-state index contributed by atoms with van der Waals surface area (Å²) in [6.45, 7) is 3.36. The van der Waals surface area contributed by atoms with Crippen LogP contribution in [-0.2, 0) is 40.0 Å². The minimum atomic E-state index is -1.75. The Morgan fingerprint density at radius 1 is 0.663 bits per heavy atom. The molecule has 7 rings (SSSR count). The van der Waals surface area contributed by atoms with E-state index >= 15 is 0 Å². The molecule has 0 radical (unpaired) electrons. The summed E-state index contributed by atoms with van der Waals surface area (Å²) in [5, 5.41) is 66.0. The van der Waals surface area contributed by atoms with E-state index in [0.29, 0.717) is 12.2 Å². The zero-order valence-corrected chi connectivity index (χ0v) is 46.7. The van der Waals surface area contributed by atoms with Crippen LogP contribution in [0, 0.1) is 0 Å². The van der Waals surface area contributed by atoms with Crippen LogP contribution in [0.4, 0.5) is 0 Å². The Hall–Kier alpha value is -8.18. The third-order valence-electron chi connectivity index (χ3n) is 15.1. The van der Waals surface area contributed by atoms with Crippen LogP contribution in [0.3, 0.4) is 0 Å². The number of aromatic hydroxyl groups is 1. The molecular formula is C61H76N8O14. The van der Waals surface area contributed by atoms with Crippen molar-refractivity contribution in [3.63, 3.8) is 0 Å². The van der Waals surface area contributed by atoms with Gasteiger partial charge in [0.1, 0.15) is 53.8 Å². The molecule has 0 unspecified atom stereocenters. The van der Waals surface area contributed by atoms with Crippen molar-refractivity contribution in [3.05, 3.63) is 120 Å². The van der Waals surface area contributed by atoms with E-state index < -0.39 is 114 Å². The lowest BCUT2D eigenvalue weighted by atomic mass is 9.99.